The summed E-state index contributed by atoms with van der Waals surface area (Å²) in [7, 11) is 0. The van der Waals surface area contributed by atoms with Gasteiger partial charge in [-0.1, -0.05) is 6.42 Å². The van der Waals surface area contributed by atoms with Crippen LogP contribution < -0.4 is 0 Å². The Kier molecular flexibility index (Phi) is 6.57. The Hall–Kier alpha value is -2.41. The van der Waals surface area contributed by atoms with E-state index in [9.17, 15) is 14.4 Å². The average Bonchev–Trinajstić information content (AvgIpc) is 3.13. The predicted molar refractivity (Wildman–Crippen MR) is 111 cm³/mol. The van der Waals surface area contributed by atoms with Gasteiger partial charge in [0, 0.05) is 10.6 Å². The number of carbonyl (C=O) groups excluding carboxylic acids is 3. The number of carbonyl (C=O) groups is 3. The second kappa shape index (κ2) is 8.95. The van der Waals surface area contributed by atoms with Crippen molar-refractivity contribution in [2.24, 2.45) is 0 Å². The van der Waals surface area contributed by atoms with E-state index in [4.69, 9.17) is 9.47 Å². The molecular weight excluding hydrogens is 390 g/mol. The maximum atomic E-state index is 12.9. The van der Waals surface area contributed by atoms with Gasteiger partial charge in [-0.25, -0.2) is 9.59 Å². The van der Waals surface area contributed by atoms with E-state index in [0.717, 1.165) is 25.7 Å². The number of hydrogen-bond acceptors (Lipinski definition) is 6. The number of fused-ring (bicyclic) bond motifs is 1. The summed E-state index contributed by atoms with van der Waals surface area (Å²) in [5.41, 5.74) is 2.93. The van der Waals surface area contributed by atoms with Crippen LogP contribution in [-0.2, 0) is 22.3 Å². The molecule has 0 unspecified atom stereocenters. The molecule has 1 aliphatic rings. The molecule has 1 aliphatic carbocycles. The quantitative estimate of drug-likeness (QED) is 0.423. The van der Waals surface area contributed by atoms with Crippen LogP contribution in [0.1, 0.15) is 85.3 Å². The molecule has 6 nitrogen and oxygen atoms in total. The summed E-state index contributed by atoms with van der Waals surface area (Å²) in [6.07, 6.45) is 4.53. The van der Waals surface area contributed by atoms with E-state index in [0.29, 0.717) is 21.7 Å². The van der Waals surface area contributed by atoms with Crippen molar-refractivity contribution in [1.29, 1.82) is 0 Å². The molecule has 1 N–H and O–H groups in total. The topological polar surface area (TPSA) is 85.5 Å². The first-order valence-corrected chi connectivity index (χ1v) is 10.9. The molecule has 2 aromatic rings. The molecule has 0 aliphatic heterocycles. The largest absolute Gasteiger partial charge is 0.462 e. The molecule has 2 aromatic heterocycles. The molecule has 0 saturated carbocycles. The molecule has 7 heteroatoms. The fourth-order valence-corrected chi connectivity index (χ4v) is 4.89. The van der Waals surface area contributed by atoms with E-state index < -0.39 is 18.0 Å². The van der Waals surface area contributed by atoms with E-state index in [-0.39, 0.29) is 18.1 Å². The van der Waals surface area contributed by atoms with E-state index >= 15 is 0 Å². The number of esters is 2. The first-order chi connectivity index (χ1) is 13.8. The van der Waals surface area contributed by atoms with Crippen LogP contribution >= 0.6 is 11.3 Å². The van der Waals surface area contributed by atoms with Gasteiger partial charge in [0.1, 0.15) is 4.88 Å². The van der Waals surface area contributed by atoms with Gasteiger partial charge in [0.25, 0.3) is 0 Å². The lowest BCUT2D eigenvalue weighted by Gasteiger charge is -2.11. The second-order valence-electron chi connectivity index (χ2n) is 7.38. The Bertz CT molecular complexity index is 916. The third-order valence-electron chi connectivity index (χ3n) is 5.26. The molecule has 3 rings (SSSR count). The highest BCUT2D eigenvalue weighted by Gasteiger charge is 2.28. The summed E-state index contributed by atoms with van der Waals surface area (Å²) >= 11 is 1.47. The van der Waals surface area contributed by atoms with E-state index in [1.54, 1.807) is 27.7 Å². The maximum absolute atomic E-state index is 12.9. The molecule has 0 radical (unpaired) electrons. The normalized spacial score (nSPS) is 14.6. The van der Waals surface area contributed by atoms with Gasteiger partial charge >= 0.3 is 11.9 Å². The number of hydrogen-bond donors (Lipinski definition) is 1. The molecule has 0 fully saturated rings. The first kappa shape index (κ1) is 21.3. The predicted octanol–water partition coefficient (Wildman–Crippen LogP) is 4.57. The zero-order valence-electron chi connectivity index (χ0n) is 17.3. The number of ketones is 1. The highest BCUT2D eigenvalue weighted by molar-refractivity contribution is 7.14. The van der Waals surface area contributed by atoms with Crippen LogP contribution in [-0.4, -0.2) is 35.4 Å². The van der Waals surface area contributed by atoms with Gasteiger partial charge in [0.15, 0.2) is 6.10 Å². The number of aromatic nitrogens is 1. The Labute approximate surface area is 174 Å². The zero-order chi connectivity index (χ0) is 21.1. The lowest BCUT2D eigenvalue weighted by atomic mass is 10.1. The SMILES string of the molecule is CCOC(=O)c1c(C)[nH]c(C(=O)[C@H](C)OC(=O)c2cc3c(s2)CCCCC3)c1C. The van der Waals surface area contributed by atoms with Crippen molar-refractivity contribution in [3.8, 4) is 0 Å². The number of aromatic amines is 1. The molecule has 0 aromatic carbocycles. The number of ether oxygens (including phenoxy) is 2. The van der Waals surface area contributed by atoms with E-state index in [1.165, 1.54) is 28.2 Å². The van der Waals surface area contributed by atoms with Crippen molar-refractivity contribution in [2.45, 2.75) is 65.9 Å². The molecule has 0 spiro atoms. The van der Waals surface area contributed by atoms with Gasteiger partial charge in [-0.05, 0) is 70.6 Å². The highest BCUT2D eigenvalue weighted by Crippen LogP contribution is 2.30. The molecule has 2 heterocycles. The monoisotopic (exact) mass is 417 g/mol. The number of rotatable bonds is 6. The zero-order valence-corrected chi connectivity index (χ0v) is 18.2. The van der Waals surface area contributed by atoms with Gasteiger partial charge in [0.2, 0.25) is 5.78 Å². The Morgan fingerprint density at radius 1 is 1.14 bits per heavy atom. The van der Waals surface area contributed by atoms with Crippen LogP contribution in [0, 0.1) is 13.8 Å². The smallest absolute Gasteiger partial charge is 0.349 e. The standard InChI is InChI=1S/C22H27NO5S/c1-5-27-22(26)18-12(2)19(23-13(18)3)20(24)14(4)28-21(25)17-11-15-9-7-6-8-10-16(15)29-17/h11,14,23H,5-10H2,1-4H3/t14-/m0/s1. The minimum Gasteiger partial charge on any atom is -0.462 e. The van der Waals surface area contributed by atoms with E-state index in [2.05, 4.69) is 4.98 Å². The molecular formula is C22H27NO5S. The average molecular weight is 418 g/mol. The summed E-state index contributed by atoms with van der Waals surface area (Å²) in [5.74, 6) is -1.31. The lowest BCUT2D eigenvalue weighted by Crippen LogP contribution is -2.25. The van der Waals surface area contributed by atoms with Crippen LogP contribution in [0.3, 0.4) is 0 Å². The number of aryl methyl sites for hydroxylation is 3. The van der Waals surface area contributed by atoms with Crippen molar-refractivity contribution in [1.82, 2.24) is 4.98 Å². The van der Waals surface area contributed by atoms with E-state index in [1.807, 2.05) is 6.07 Å². The molecule has 0 bridgehead atoms. The van der Waals surface area contributed by atoms with Gasteiger partial charge in [-0.3, -0.25) is 4.79 Å². The van der Waals surface area contributed by atoms with Crippen molar-refractivity contribution < 1.29 is 23.9 Å². The fourth-order valence-electron chi connectivity index (χ4n) is 3.75. The van der Waals surface area contributed by atoms with Crippen molar-refractivity contribution in [3.63, 3.8) is 0 Å². The number of Topliss-reactive ketones (excluding diaryl/α,β-unsaturated/α-hetero) is 1. The lowest BCUT2D eigenvalue weighted by molar-refractivity contribution is 0.0321. The number of thiophene rings is 1. The van der Waals surface area contributed by atoms with Crippen LogP contribution in [0.4, 0.5) is 0 Å². The Balaban J connectivity index is 1.73. The summed E-state index contributed by atoms with van der Waals surface area (Å²) in [5, 5.41) is 0. The fraction of sp³-hybridized carbons (Fsp3) is 0.500. The molecule has 0 amide bonds. The molecule has 29 heavy (non-hydrogen) atoms. The highest BCUT2D eigenvalue weighted by atomic mass is 32.1. The summed E-state index contributed by atoms with van der Waals surface area (Å²) in [6, 6.07) is 1.91. The Morgan fingerprint density at radius 2 is 1.86 bits per heavy atom. The van der Waals surface area contributed by atoms with Gasteiger partial charge in [-0.2, -0.15) is 0 Å². The second-order valence-corrected chi connectivity index (χ2v) is 8.51. The molecule has 1 atom stereocenters. The third kappa shape index (κ3) is 4.45. The van der Waals surface area contributed by atoms with Gasteiger partial charge in [0.05, 0.1) is 17.9 Å². The minimum absolute atomic E-state index is 0.255. The summed E-state index contributed by atoms with van der Waals surface area (Å²) in [6.45, 7) is 6.94. The van der Waals surface area contributed by atoms with Crippen molar-refractivity contribution in [3.05, 3.63) is 43.9 Å². The molecule has 0 saturated heterocycles. The van der Waals surface area contributed by atoms with Gasteiger partial charge < -0.3 is 14.5 Å². The third-order valence-corrected chi connectivity index (χ3v) is 6.48. The van der Waals surface area contributed by atoms with Crippen LogP contribution in [0.5, 0.6) is 0 Å². The summed E-state index contributed by atoms with van der Waals surface area (Å²) < 4.78 is 10.5. The summed E-state index contributed by atoms with van der Waals surface area (Å²) in [4.78, 5) is 42.3. The van der Waals surface area contributed by atoms with Gasteiger partial charge in [-0.15, -0.1) is 11.3 Å². The first-order valence-electron chi connectivity index (χ1n) is 10.1. The maximum Gasteiger partial charge on any atom is 0.349 e. The van der Waals surface area contributed by atoms with Crippen molar-refractivity contribution in [2.75, 3.05) is 6.61 Å². The van der Waals surface area contributed by atoms with Crippen LogP contribution in [0.25, 0.3) is 0 Å². The molecule has 156 valence electrons. The number of H-pyrrole nitrogens is 1. The van der Waals surface area contributed by atoms with Crippen LogP contribution in [0.15, 0.2) is 6.07 Å². The van der Waals surface area contributed by atoms with Crippen LogP contribution in [0.2, 0.25) is 0 Å². The van der Waals surface area contributed by atoms with Crippen molar-refractivity contribution >= 4 is 29.1 Å². The minimum atomic E-state index is -0.962. The number of nitrogens with one attached hydrogen (secondary N) is 1. The Morgan fingerprint density at radius 3 is 2.59 bits per heavy atom.